The normalized spacial score (nSPS) is 11.7. The predicted octanol–water partition coefficient (Wildman–Crippen LogP) is 17.6. The summed E-state index contributed by atoms with van der Waals surface area (Å²) in [5.74, 6) is 1.84. The average Bonchev–Trinajstić information content (AvgIpc) is 3.96. The first kappa shape index (κ1) is 40.1. The van der Waals surface area contributed by atoms with E-state index in [4.69, 9.17) is 15.0 Å². The second-order valence-electron chi connectivity index (χ2n) is 18.0. The lowest BCUT2D eigenvalue weighted by Gasteiger charge is -2.17. The maximum absolute atomic E-state index is 5.32. The zero-order valence-corrected chi connectivity index (χ0v) is 38.6. The number of nitrogens with zero attached hydrogens (tertiary/aromatic N) is 4. The van der Waals surface area contributed by atoms with Crippen LogP contribution in [0.3, 0.4) is 0 Å². The van der Waals surface area contributed by atoms with Crippen molar-refractivity contribution in [3.63, 3.8) is 0 Å². The zero-order valence-electron chi connectivity index (χ0n) is 37.8. The first-order chi connectivity index (χ1) is 34.6. The van der Waals surface area contributed by atoms with E-state index in [1.54, 1.807) is 0 Å². The van der Waals surface area contributed by atoms with Gasteiger partial charge in [-0.25, -0.2) is 15.0 Å². The molecule has 11 aromatic carbocycles. The Morgan fingerprint density at radius 3 is 1.24 bits per heavy atom. The highest BCUT2D eigenvalue weighted by Crippen LogP contribution is 2.43. The Labute approximate surface area is 408 Å². The highest BCUT2D eigenvalue weighted by molar-refractivity contribution is 7.25. The maximum atomic E-state index is 5.32. The van der Waals surface area contributed by atoms with Gasteiger partial charge in [-0.1, -0.05) is 182 Å². The smallest absolute Gasteiger partial charge is 0.164 e. The topological polar surface area (TPSA) is 43.6 Å². The number of benzene rings is 11. The van der Waals surface area contributed by atoms with Crippen LogP contribution in [0.25, 0.3) is 137 Å². The molecule has 0 fully saturated rings. The lowest BCUT2D eigenvalue weighted by atomic mass is 9.98. The van der Waals surface area contributed by atoms with E-state index >= 15 is 0 Å². The highest BCUT2D eigenvalue weighted by atomic mass is 32.1. The Bertz CT molecular complexity index is 4130. The molecule has 0 aliphatic heterocycles. The summed E-state index contributed by atoms with van der Waals surface area (Å²) in [7, 11) is 0. The molecule has 0 spiro atoms. The molecule has 0 N–H and O–H groups in total. The minimum atomic E-state index is 0.605. The third kappa shape index (κ3) is 6.86. The van der Waals surface area contributed by atoms with Crippen molar-refractivity contribution in [3.8, 4) is 73.2 Å². The van der Waals surface area contributed by atoms with Crippen LogP contribution in [-0.2, 0) is 0 Å². The zero-order chi connectivity index (χ0) is 46.1. The van der Waals surface area contributed by atoms with Crippen molar-refractivity contribution < 1.29 is 0 Å². The molecule has 4 nitrogen and oxygen atoms in total. The van der Waals surface area contributed by atoms with Gasteiger partial charge in [0.05, 0.1) is 16.7 Å². The molecule has 0 bridgehead atoms. The van der Waals surface area contributed by atoms with Gasteiger partial charge in [-0.15, -0.1) is 11.3 Å². The van der Waals surface area contributed by atoms with Gasteiger partial charge in [0.15, 0.2) is 17.5 Å². The predicted molar refractivity (Wildman–Crippen MR) is 295 cm³/mol. The molecule has 70 heavy (non-hydrogen) atoms. The summed E-state index contributed by atoms with van der Waals surface area (Å²) < 4.78 is 5.02. The van der Waals surface area contributed by atoms with Gasteiger partial charge in [0.1, 0.15) is 0 Å². The van der Waals surface area contributed by atoms with Crippen LogP contribution in [0, 0.1) is 0 Å². The van der Waals surface area contributed by atoms with Crippen molar-refractivity contribution >= 4 is 74.9 Å². The summed E-state index contributed by atoms with van der Waals surface area (Å²) in [4.78, 5) is 15.8. The number of aromatic nitrogens is 4. The van der Waals surface area contributed by atoms with E-state index in [1.807, 2.05) is 23.5 Å². The molecular formula is C65H40N4S. The van der Waals surface area contributed by atoms with Gasteiger partial charge in [-0.2, -0.15) is 0 Å². The van der Waals surface area contributed by atoms with Gasteiger partial charge in [0, 0.05) is 53.2 Å². The minimum Gasteiger partial charge on any atom is -0.309 e. The van der Waals surface area contributed by atoms with E-state index in [0.717, 1.165) is 66.8 Å². The second-order valence-corrected chi connectivity index (χ2v) is 19.1. The van der Waals surface area contributed by atoms with Crippen LogP contribution in [-0.4, -0.2) is 19.5 Å². The van der Waals surface area contributed by atoms with Gasteiger partial charge in [0.25, 0.3) is 0 Å². The van der Waals surface area contributed by atoms with E-state index < -0.39 is 0 Å². The first-order valence-corrected chi connectivity index (χ1v) is 24.5. The molecule has 0 atom stereocenters. The van der Waals surface area contributed by atoms with Crippen LogP contribution in [0.1, 0.15) is 0 Å². The Balaban J connectivity index is 1.01. The van der Waals surface area contributed by atoms with E-state index in [2.05, 4.69) is 235 Å². The fraction of sp³-hybridized carbons (Fsp3) is 0. The summed E-state index contributed by atoms with van der Waals surface area (Å²) >= 11 is 1.84. The van der Waals surface area contributed by atoms with Gasteiger partial charge < -0.3 is 4.57 Å². The second kappa shape index (κ2) is 16.3. The molecule has 3 aromatic heterocycles. The van der Waals surface area contributed by atoms with Crippen molar-refractivity contribution in [2.24, 2.45) is 0 Å². The molecule has 0 radical (unpaired) electrons. The van der Waals surface area contributed by atoms with Gasteiger partial charge in [-0.05, 0) is 110 Å². The van der Waals surface area contributed by atoms with Crippen LogP contribution >= 0.6 is 11.3 Å². The largest absolute Gasteiger partial charge is 0.309 e. The quantitative estimate of drug-likeness (QED) is 0.160. The fourth-order valence-electron chi connectivity index (χ4n) is 10.3. The number of fused-ring (bicyclic) bond motifs is 8. The summed E-state index contributed by atoms with van der Waals surface area (Å²) in [6.45, 7) is 0. The summed E-state index contributed by atoms with van der Waals surface area (Å²) in [5.41, 5.74) is 12.9. The Kier molecular flexibility index (Phi) is 9.36. The number of hydrogen-bond donors (Lipinski definition) is 0. The molecule has 0 unspecified atom stereocenters. The van der Waals surface area contributed by atoms with Crippen LogP contribution in [0.5, 0.6) is 0 Å². The Morgan fingerprint density at radius 2 is 0.686 bits per heavy atom. The van der Waals surface area contributed by atoms with Crippen LogP contribution in [0.2, 0.25) is 0 Å². The van der Waals surface area contributed by atoms with E-state index in [9.17, 15) is 0 Å². The van der Waals surface area contributed by atoms with Crippen molar-refractivity contribution in [1.29, 1.82) is 0 Å². The molecule has 14 aromatic rings. The first-order valence-electron chi connectivity index (χ1n) is 23.7. The van der Waals surface area contributed by atoms with Gasteiger partial charge >= 0.3 is 0 Å². The van der Waals surface area contributed by atoms with Gasteiger partial charge in [-0.3, -0.25) is 0 Å². The third-order valence-electron chi connectivity index (χ3n) is 13.8. The highest BCUT2D eigenvalue weighted by Gasteiger charge is 2.21. The molecule has 0 saturated carbocycles. The van der Waals surface area contributed by atoms with Crippen molar-refractivity contribution in [2.45, 2.75) is 0 Å². The number of rotatable bonds is 7. The molecule has 0 saturated heterocycles. The molecule has 0 aliphatic carbocycles. The lowest BCUT2D eigenvalue weighted by molar-refractivity contribution is 1.07. The number of thiophene rings is 1. The number of hydrogen-bond acceptors (Lipinski definition) is 4. The SMILES string of the molecule is c1ccc(-c2ccc(-c3nc(-c4ccc(-c5ccccc5)cc4)nc(-c4ccc(-n5c6cc7ccccc7cc6c6cc7ccccc7cc65)c(-c5ccc6sc7ccccc7c6c5)c4)n3)cc2)cc1. The average molecular weight is 909 g/mol. The van der Waals surface area contributed by atoms with Crippen molar-refractivity contribution in [1.82, 2.24) is 19.5 Å². The van der Waals surface area contributed by atoms with Crippen molar-refractivity contribution in [2.75, 3.05) is 0 Å². The molecule has 5 heteroatoms. The Hall–Kier alpha value is -9.03. The summed E-state index contributed by atoms with van der Waals surface area (Å²) in [6.07, 6.45) is 0. The molecular weight excluding hydrogens is 869 g/mol. The van der Waals surface area contributed by atoms with E-state index in [-0.39, 0.29) is 0 Å². The van der Waals surface area contributed by atoms with Crippen LogP contribution < -0.4 is 0 Å². The molecule has 326 valence electrons. The maximum Gasteiger partial charge on any atom is 0.164 e. The molecule has 0 amide bonds. The molecule has 14 rings (SSSR count). The molecule has 0 aliphatic rings. The van der Waals surface area contributed by atoms with E-state index in [1.165, 1.54) is 52.5 Å². The van der Waals surface area contributed by atoms with Crippen LogP contribution in [0.4, 0.5) is 0 Å². The third-order valence-corrected chi connectivity index (χ3v) is 15.0. The monoisotopic (exact) mass is 908 g/mol. The summed E-state index contributed by atoms with van der Waals surface area (Å²) in [6, 6.07) is 87.3. The standard InChI is InChI=1S/C65H40N4S/c1-3-13-41(14-4-1)43-23-27-45(28-24-43)63-66-64(46-29-25-44(26-30-46)42-15-5-2-6-16-42)68-65(67-63)52-31-33-58(54(38-52)51-32-34-62-57(37-51)53-21-11-12-22-61(53)70-62)69-59-39-49-19-9-7-17-47(49)35-55(59)56-36-48-18-8-10-20-50(48)40-60(56)69/h1-40H. The molecule has 3 heterocycles. The Morgan fingerprint density at radius 1 is 0.271 bits per heavy atom. The van der Waals surface area contributed by atoms with Crippen LogP contribution in [0.15, 0.2) is 243 Å². The van der Waals surface area contributed by atoms with Gasteiger partial charge in [0.2, 0.25) is 0 Å². The summed E-state index contributed by atoms with van der Waals surface area (Å²) in [5, 5.41) is 9.79. The minimum absolute atomic E-state index is 0.605. The van der Waals surface area contributed by atoms with E-state index in [0.29, 0.717) is 17.5 Å². The lowest BCUT2D eigenvalue weighted by Crippen LogP contribution is -2.02. The fourth-order valence-corrected chi connectivity index (χ4v) is 11.4. The van der Waals surface area contributed by atoms with Crippen molar-refractivity contribution in [3.05, 3.63) is 243 Å².